The summed E-state index contributed by atoms with van der Waals surface area (Å²) in [6.07, 6.45) is 10.5. The number of Topliss-reactive ketones (excluding diaryl/α,β-unsaturated/α-hetero) is 1. The molecule has 0 saturated heterocycles. The van der Waals surface area contributed by atoms with Crippen molar-refractivity contribution in [2.45, 2.75) is 105 Å². The van der Waals surface area contributed by atoms with Crippen LogP contribution in [-0.4, -0.2) is 28.2 Å². The summed E-state index contributed by atoms with van der Waals surface area (Å²) in [5.41, 5.74) is 1.92. The Hall–Kier alpha value is -0.670. The molecule has 0 bridgehead atoms. The summed E-state index contributed by atoms with van der Waals surface area (Å²) in [6, 6.07) is 0. The second-order valence-electron chi connectivity index (χ2n) is 12.3. The minimum atomic E-state index is -0.293. The van der Waals surface area contributed by atoms with Crippen LogP contribution in [0, 0.1) is 46.3 Å². The molecule has 0 aliphatic heterocycles. The number of allylic oxidation sites excluding steroid dienone is 2. The van der Waals surface area contributed by atoms with Gasteiger partial charge in [-0.2, -0.15) is 0 Å². The monoisotopic (exact) mass is 416 g/mol. The fourth-order valence-electron chi connectivity index (χ4n) is 8.57. The summed E-state index contributed by atoms with van der Waals surface area (Å²) < 4.78 is 0. The maximum Gasteiger partial charge on any atom is 0.133 e. The van der Waals surface area contributed by atoms with Crippen molar-refractivity contribution in [3.05, 3.63) is 11.6 Å². The van der Waals surface area contributed by atoms with Crippen LogP contribution in [0.5, 0.6) is 0 Å². The predicted molar refractivity (Wildman–Crippen MR) is 121 cm³/mol. The zero-order valence-corrected chi connectivity index (χ0v) is 19.9. The van der Waals surface area contributed by atoms with Gasteiger partial charge < -0.3 is 10.2 Å². The molecule has 170 valence electrons. The van der Waals surface area contributed by atoms with Gasteiger partial charge in [-0.05, 0) is 91.3 Å². The van der Waals surface area contributed by atoms with Crippen molar-refractivity contribution in [1.82, 2.24) is 0 Å². The van der Waals surface area contributed by atoms with Gasteiger partial charge in [0.1, 0.15) is 5.78 Å². The third-order valence-electron chi connectivity index (χ3n) is 9.96. The van der Waals surface area contributed by atoms with E-state index >= 15 is 0 Å². The highest BCUT2D eigenvalue weighted by molar-refractivity contribution is 5.78. The Labute approximate surface area is 183 Å². The number of ketones is 1. The number of aliphatic hydroxyl groups is 2. The largest absolute Gasteiger partial charge is 0.393 e. The van der Waals surface area contributed by atoms with E-state index in [1.807, 2.05) is 0 Å². The number of aliphatic hydroxyl groups excluding tert-OH is 2. The molecule has 3 nitrogen and oxygen atoms in total. The van der Waals surface area contributed by atoms with Crippen LogP contribution in [0.4, 0.5) is 0 Å². The van der Waals surface area contributed by atoms with Gasteiger partial charge >= 0.3 is 0 Å². The molecular formula is C27H44O3. The summed E-state index contributed by atoms with van der Waals surface area (Å²) in [7, 11) is 0. The van der Waals surface area contributed by atoms with E-state index in [9.17, 15) is 15.0 Å². The van der Waals surface area contributed by atoms with Crippen LogP contribution in [0.2, 0.25) is 0 Å². The number of hydrogen-bond donors (Lipinski definition) is 2. The molecule has 3 saturated carbocycles. The minimum Gasteiger partial charge on any atom is -0.393 e. The lowest BCUT2D eigenvalue weighted by molar-refractivity contribution is -0.121. The maximum absolute atomic E-state index is 12.5. The van der Waals surface area contributed by atoms with E-state index in [1.54, 1.807) is 5.57 Å². The average Bonchev–Trinajstić information content (AvgIpc) is 3.00. The highest BCUT2D eigenvalue weighted by Crippen LogP contribution is 2.66. The van der Waals surface area contributed by atoms with Crippen LogP contribution in [0.15, 0.2) is 11.6 Å². The van der Waals surface area contributed by atoms with Crippen molar-refractivity contribution in [3.63, 3.8) is 0 Å². The molecule has 9 atom stereocenters. The molecule has 30 heavy (non-hydrogen) atoms. The van der Waals surface area contributed by atoms with Crippen molar-refractivity contribution < 1.29 is 15.0 Å². The van der Waals surface area contributed by atoms with E-state index < -0.39 is 0 Å². The van der Waals surface area contributed by atoms with Crippen molar-refractivity contribution >= 4 is 5.78 Å². The fraction of sp³-hybridized carbons (Fsp3) is 0.889. The molecule has 3 heteroatoms. The number of carbonyl (C=O) groups excluding carboxylic acids is 1. The Morgan fingerprint density at radius 2 is 1.80 bits per heavy atom. The van der Waals surface area contributed by atoms with E-state index in [-0.39, 0.29) is 29.0 Å². The molecule has 3 fully saturated rings. The summed E-state index contributed by atoms with van der Waals surface area (Å²) in [4.78, 5) is 12.5. The van der Waals surface area contributed by atoms with Crippen molar-refractivity contribution in [2.75, 3.05) is 0 Å². The highest BCUT2D eigenvalue weighted by Gasteiger charge is 2.59. The Balaban J connectivity index is 1.56. The lowest BCUT2D eigenvalue weighted by Crippen LogP contribution is -2.53. The average molecular weight is 417 g/mol. The lowest BCUT2D eigenvalue weighted by atomic mass is 9.47. The van der Waals surface area contributed by atoms with Gasteiger partial charge in [0.25, 0.3) is 0 Å². The van der Waals surface area contributed by atoms with Crippen molar-refractivity contribution in [3.8, 4) is 0 Å². The molecule has 0 heterocycles. The van der Waals surface area contributed by atoms with Crippen LogP contribution in [0.3, 0.4) is 0 Å². The van der Waals surface area contributed by atoms with Gasteiger partial charge in [-0.25, -0.2) is 0 Å². The van der Waals surface area contributed by atoms with E-state index in [1.165, 1.54) is 12.8 Å². The van der Waals surface area contributed by atoms with Crippen LogP contribution in [0.25, 0.3) is 0 Å². The summed E-state index contributed by atoms with van der Waals surface area (Å²) in [5.74, 6) is 3.25. The second kappa shape index (κ2) is 8.03. The normalized spacial score (nSPS) is 46.6. The first kappa shape index (κ1) is 22.5. The zero-order chi connectivity index (χ0) is 21.8. The third-order valence-corrected chi connectivity index (χ3v) is 9.96. The van der Waals surface area contributed by atoms with Crippen molar-refractivity contribution in [1.29, 1.82) is 0 Å². The van der Waals surface area contributed by atoms with Gasteiger partial charge in [-0.15, -0.1) is 0 Å². The number of rotatable bonds is 5. The van der Waals surface area contributed by atoms with Gasteiger partial charge in [-0.3, -0.25) is 4.79 Å². The molecular weight excluding hydrogens is 372 g/mol. The van der Waals surface area contributed by atoms with Crippen LogP contribution in [0.1, 0.15) is 92.4 Å². The number of fused-ring (bicyclic) bond motifs is 5. The molecule has 0 amide bonds. The smallest absolute Gasteiger partial charge is 0.133 e. The van der Waals surface area contributed by atoms with E-state index in [4.69, 9.17) is 0 Å². The number of carbonyl (C=O) groups is 1. The molecule has 0 unspecified atom stereocenters. The summed E-state index contributed by atoms with van der Waals surface area (Å²) >= 11 is 0. The van der Waals surface area contributed by atoms with Crippen LogP contribution >= 0.6 is 0 Å². The number of hydrogen-bond acceptors (Lipinski definition) is 3. The van der Waals surface area contributed by atoms with E-state index in [0.29, 0.717) is 41.8 Å². The Bertz CT molecular complexity index is 696. The molecule has 2 N–H and O–H groups in total. The molecule has 4 aliphatic carbocycles. The second-order valence-corrected chi connectivity index (χ2v) is 12.3. The standard InChI is InChI=1S/C27H44O3/c1-16(2)12-19(29)13-17(3)21-6-7-22-20-15-25(30)24-14-18(28)8-10-27(24,5)23(20)9-11-26(21,22)4/h9,16-18,20-22,24-25,28,30H,6-8,10-15H2,1-5H3/t17-,18+,20+,21-,22+,24-,25+,26-,27-/m1/s1. The zero-order valence-electron chi connectivity index (χ0n) is 19.9. The molecule has 0 aromatic carbocycles. The van der Waals surface area contributed by atoms with Crippen LogP contribution < -0.4 is 0 Å². The first-order valence-electron chi connectivity index (χ1n) is 12.6. The lowest BCUT2D eigenvalue weighted by Gasteiger charge is -2.58. The quantitative estimate of drug-likeness (QED) is 0.579. The predicted octanol–water partition coefficient (Wildman–Crippen LogP) is 5.54. The van der Waals surface area contributed by atoms with Gasteiger partial charge in [0, 0.05) is 12.8 Å². The Morgan fingerprint density at radius 3 is 2.50 bits per heavy atom. The first-order chi connectivity index (χ1) is 14.1. The van der Waals surface area contributed by atoms with E-state index in [0.717, 1.165) is 38.5 Å². The highest BCUT2D eigenvalue weighted by atomic mass is 16.3. The van der Waals surface area contributed by atoms with Crippen LogP contribution in [-0.2, 0) is 4.79 Å². The maximum atomic E-state index is 12.5. The molecule has 0 radical (unpaired) electrons. The van der Waals surface area contributed by atoms with E-state index in [2.05, 4.69) is 40.7 Å². The van der Waals surface area contributed by atoms with Gasteiger partial charge in [0.15, 0.2) is 0 Å². The van der Waals surface area contributed by atoms with Gasteiger partial charge in [0.2, 0.25) is 0 Å². The third kappa shape index (κ3) is 3.62. The van der Waals surface area contributed by atoms with Crippen molar-refractivity contribution in [2.24, 2.45) is 46.3 Å². The first-order valence-corrected chi connectivity index (χ1v) is 12.6. The summed E-state index contributed by atoms with van der Waals surface area (Å²) in [5, 5.41) is 21.4. The molecule has 0 aromatic heterocycles. The van der Waals surface area contributed by atoms with Gasteiger partial charge in [0.05, 0.1) is 12.2 Å². The van der Waals surface area contributed by atoms with Gasteiger partial charge in [-0.1, -0.05) is 46.3 Å². The SMILES string of the molecule is CC(C)CC(=O)C[C@@H](C)[C@H]1CC[C@H]2[C@@H]3C[C@H](O)[C@H]4C[C@@H](O)CC[C@]4(C)C3=CC[C@]12C. The molecule has 4 rings (SSSR count). The minimum absolute atomic E-state index is 0.0554. The Kier molecular flexibility index (Phi) is 6.03. The molecule has 0 aromatic rings. The Morgan fingerprint density at radius 1 is 1.07 bits per heavy atom. The molecule has 4 aliphatic rings. The fourth-order valence-corrected chi connectivity index (χ4v) is 8.57. The summed E-state index contributed by atoms with van der Waals surface area (Å²) in [6.45, 7) is 11.4. The molecule has 0 spiro atoms. The topological polar surface area (TPSA) is 57.5 Å².